The number of thioether (sulfide) groups is 1. The van der Waals surface area contributed by atoms with Crippen LogP contribution in [0.25, 0.3) is 0 Å². The van der Waals surface area contributed by atoms with E-state index in [9.17, 15) is 0 Å². The average molecular weight is 272 g/mol. The van der Waals surface area contributed by atoms with Crippen LogP contribution in [0.4, 0.5) is 0 Å². The summed E-state index contributed by atoms with van der Waals surface area (Å²) in [5, 5.41) is 3.54. The number of hydrogen-bond donors (Lipinski definition) is 1. The summed E-state index contributed by atoms with van der Waals surface area (Å²) in [4.78, 5) is 0. The molecule has 0 aliphatic carbocycles. The molecule has 0 bridgehead atoms. The molecular formula is C16H33NS. The minimum atomic E-state index is 0.782. The fourth-order valence-electron chi connectivity index (χ4n) is 2.94. The summed E-state index contributed by atoms with van der Waals surface area (Å²) in [6, 6.07) is 0.782. The first-order valence-corrected chi connectivity index (χ1v) is 9.27. The minimum Gasteiger partial charge on any atom is -0.317 e. The standard InChI is InChI=1S/C16H33NS/c1-3-4-5-6-7-8-9-16(17-2)14-15-10-12-18-13-11-15/h15-17H,3-14H2,1-2H3. The van der Waals surface area contributed by atoms with Crippen molar-refractivity contribution < 1.29 is 0 Å². The topological polar surface area (TPSA) is 12.0 Å². The predicted molar refractivity (Wildman–Crippen MR) is 85.5 cm³/mol. The van der Waals surface area contributed by atoms with E-state index < -0.39 is 0 Å². The van der Waals surface area contributed by atoms with Crippen molar-refractivity contribution in [1.82, 2.24) is 5.32 Å². The highest BCUT2D eigenvalue weighted by atomic mass is 32.2. The monoisotopic (exact) mass is 271 g/mol. The Labute approximate surface area is 119 Å². The third-order valence-corrected chi connectivity index (χ3v) is 5.32. The van der Waals surface area contributed by atoms with Gasteiger partial charge in [0.05, 0.1) is 0 Å². The van der Waals surface area contributed by atoms with Gasteiger partial charge in [0.15, 0.2) is 0 Å². The maximum Gasteiger partial charge on any atom is 0.00667 e. The number of rotatable bonds is 10. The second-order valence-corrected chi connectivity index (χ2v) is 7.06. The molecule has 0 radical (unpaired) electrons. The first kappa shape index (κ1) is 16.4. The van der Waals surface area contributed by atoms with Crippen molar-refractivity contribution in [2.24, 2.45) is 5.92 Å². The van der Waals surface area contributed by atoms with E-state index in [1.807, 2.05) is 0 Å². The van der Waals surface area contributed by atoms with E-state index in [1.54, 1.807) is 0 Å². The van der Waals surface area contributed by atoms with Gasteiger partial charge < -0.3 is 5.32 Å². The van der Waals surface area contributed by atoms with Crippen molar-refractivity contribution in [2.75, 3.05) is 18.6 Å². The highest BCUT2D eigenvalue weighted by molar-refractivity contribution is 7.99. The molecule has 0 spiro atoms. The molecule has 1 N–H and O–H groups in total. The zero-order valence-corrected chi connectivity index (χ0v) is 13.4. The molecule has 0 amide bonds. The Morgan fingerprint density at radius 1 is 1.06 bits per heavy atom. The Bertz CT molecular complexity index is 178. The van der Waals surface area contributed by atoms with E-state index in [0.717, 1.165) is 12.0 Å². The lowest BCUT2D eigenvalue weighted by atomic mass is 9.91. The largest absolute Gasteiger partial charge is 0.317 e. The maximum atomic E-state index is 3.54. The van der Waals surface area contributed by atoms with Crippen LogP contribution in [0.1, 0.15) is 71.1 Å². The zero-order chi connectivity index (χ0) is 13.1. The van der Waals surface area contributed by atoms with E-state index in [1.165, 1.54) is 75.7 Å². The molecule has 1 rings (SSSR count). The highest BCUT2D eigenvalue weighted by Gasteiger charge is 2.17. The van der Waals surface area contributed by atoms with Crippen LogP contribution < -0.4 is 5.32 Å². The molecule has 0 aromatic rings. The van der Waals surface area contributed by atoms with Gasteiger partial charge in [-0.3, -0.25) is 0 Å². The van der Waals surface area contributed by atoms with E-state index in [0.29, 0.717) is 0 Å². The molecule has 2 heteroatoms. The Hall–Kier alpha value is 0.310. The Morgan fingerprint density at radius 3 is 2.39 bits per heavy atom. The average Bonchev–Trinajstić information content (AvgIpc) is 2.42. The van der Waals surface area contributed by atoms with Crippen LogP contribution in [0.15, 0.2) is 0 Å². The van der Waals surface area contributed by atoms with Crippen molar-refractivity contribution in [3.05, 3.63) is 0 Å². The van der Waals surface area contributed by atoms with E-state index >= 15 is 0 Å². The fourth-order valence-corrected chi connectivity index (χ4v) is 4.14. The van der Waals surface area contributed by atoms with Crippen LogP contribution in [0.2, 0.25) is 0 Å². The van der Waals surface area contributed by atoms with Crippen LogP contribution in [-0.2, 0) is 0 Å². The van der Waals surface area contributed by atoms with Gasteiger partial charge in [-0.1, -0.05) is 45.4 Å². The summed E-state index contributed by atoms with van der Waals surface area (Å²) in [6.45, 7) is 2.29. The Kier molecular flexibility index (Phi) is 10.1. The normalized spacial score (nSPS) is 19.0. The maximum absolute atomic E-state index is 3.54. The summed E-state index contributed by atoms with van der Waals surface area (Å²) in [5.74, 6) is 3.81. The van der Waals surface area contributed by atoms with Crippen molar-refractivity contribution in [2.45, 2.75) is 77.2 Å². The number of unbranched alkanes of at least 4 members (excludes halogenated alkanes) is 5. The summed E-state index contributed by atoms with van der Waals surface area (Å²) in [5.41, 5.74) is 0. The Balaban J connectivity index is 2.01. The van der Waals surface area contributed by atoms with Crippen molar-refractivity contribution in [3.8, 4) is 0 Å². The van der Waals surface area contributed by atoms with Crippen LogP contribution >= 0.6 is 11.8 Å². The molecule has 1 unspecified atom stereocenters. The molecule has 1 fully saturated rings. The molecular weight excluding hydrogens is 238 g/mol. The van der Waals surface area contributed by atoms with Gasteiger partial charge in [0.1, 0.15) is 0 Å². The molecule has 0 aromatic heterocycles. The third-order valence-electron chi connectivity index (χ3n) is 4.27. The molecule has 108 valence electrons. The summed E-state index contributed by atoms with van der Waals surface area (Å²) in [7, 11) is 2.15. The molecule has 1 saturated heterocycles. The second kappa shape index (κ2) is 11.2. The summed E-state index contributed by atoms with van der Waals surface area (Å²) < 4.78 is 0. The molecule has 0 aromatic carbocycles. The molecule has 1 aliphatic rings. The molecule has 1 nitrogen and oxygen atoms in total. The van der Waals surface area contributed by atoms with Crippen LogP contribution in [-0.4, -0.2) is 24.6 Å². The van der Waals surface area contributed by atoms with Crippen molar-refractivity contribution in [1.29, 1.82) is 0 Å². The lowest BCUT2D eigenvalue weighted by molar-refractivity contribution is 0.356. The van der Waals surface area contributed by atoms with Gasteiger partial charge in [-0.25, -0.2) is 0 Å². The predicted octanol–water partition coefficient (Wildman–Crippen LogP) is 4.86. The van der Waals surface area contributed by atoms with Gasteiger partial charge >= 0.3 is 0 Å². The lowest BCUT2D eigenvalue weighted by Crippen LogP contribution is -2.29. The van der Waals surface area contributed by atoms with Gasteiger partial charge in [0, 0.05) is 6.04 Å². The smallest absolute Gasteiger partial charge is 0.00667 e. The van der Waals surface area contributed by atoms with Crippen molar-refractivity contribution in [3.63, 3.8) is 0 Å². The van der Waals surface area contributed by atoms with Gasteiger partial charge in [-0.2, -0.15) is 11.8 Å². The molecule has 18 heavy (non-hydrogen) atoms. The molecule has 1 aliphatic heterocycles. The first-order valence-electron chi connectivity index (χ1n) is 8.11. The third kappa shape index (κ3) is 7.68. The van der Waals surface area contributed by atoms with Crippen molar-refractivity contribution >= 4 is 11.8 Å². The quantitative estimate of drug-likeness (QED) is 0.570. The minimum absolute atomic E-state index is 0.782. The van der Waals surface area contributed by atoms with E-state index in [-0.39, 0.29) is 0 Å². The van der Waals surface area contributed by atoms with Crippen LogP contribution in [0.5, 0.6) is 0 Å². The fraction of sp³-hybridized carbons (Fsp3) is 1.00. The van der Waals surface area contributed by atoms with Crippen LogP contribution in [0.3, 0.4) is 0 Å². The van der Waals surface area contributed by atoms with Gasteiger partial charge in [0.25, 0.3) is 0 Å². The summed E-state index contributed by atoms with van der Waals surface area (Å²) >= 11 is 2.14. The van der Waals surface area contributed by atoms with Gasteiger partial charge in [0.2, 0.25) is 0 Å². The first-order chi connectivity index (χ1) is 8.86. The van der Waals surface area contributed by atoms with Gasteiger partial charge in [-0.15, -0.1) is 0 Å². The second-order valence-electron chi connectivity index (χ2n) is 5.83. The van der Waals surface area contributed by atoms with Crippen LogP contribution in [0, 0.1) is 5.92 Å². The zero-order valence-electron chi connectivity index (χ0n) is 12.5. The summed E-state index contributed by atoms with van der Waals surface area (Å²) in [6.07, 6.45) is 14.3. The van der Waals surface area contributed by atoms with E-state index in [2.05, 4.69) is 31.1 Å². The number of nitrogens with one attached hydrogen (secondary N) is 1. The van der Waals surface area contributed by atoms with E-state index in [4.69, 9.17) is 0 Å². The Morgan fingerprint density at radius 2 is 1.72 bits per heavy atom. The molecule has 0 saturated carbocycles. The lowest BCUT2D eigenvalue weighted by Gasteiger charge is -2.26. The highest BCUT2D eigenvalue weighted by Crippen LogP contribution is 2.27. The SMILES string of the molecule is CCCCCCCCC(CC1CCSCC1)NC. The number of hydrogen-bond acceptors (Lipinski definition) is 2. The molecule has 1 heterocycles. The molecule has 1 atom stereocenters. The van der Waals surface area contributed by atoms with Gasteiger partial charge in [-0.05, 0) is 50.2 Å².